The molecular weight excluding hydrogens is 303 g/mol. The lowest BCUT2D eigenvalue weighted by atomic mass is 10.2. The van der Waals surface area contributed by atoms with E-state index in [1.807, 2.05) is 23.4 Å². The van der Waals surface area contributed by atoms with Crippen molar-refractivity contribution >= 4 is 38.3 Å². The smallest absolute Gasteiger partial charge is 0.170 e. The molecule has 0 N–H and O–H groups in total. The molecule has 4 rings (SSSR count). The van der Waals surface area contributed by atoms with E-state index in [4.69, 9.17) is 4.52 Å². The van der Waals surface area contributed by atoms with Gasteiger partial charge in [-0.3, -0.25) is 0 Å². The summed E-state index contributed by atoms with van der Waals surface area (Å²) in [6.45, 7) is 0.517. The molecule has 22 heavy (non-hydrogen) atoms. The van der Waals surface area contributed by atoms with Gasteiger partial charge >= 0.3 is 0 Å². The van der Waals surface area contributed by atoms with Crippen molar-refractivity contribution in [2.75, 3.05) is 11.9 Å². The van der Waals surface area contributed by atoms with Crippen molar-refractivity contribution in [1.29, 1.82) is 0 Å². The number of rotatable bonds is 3. The maximum atomic E-state index is 13.2. The summed E-state index contributed by atoms with van der Waals surface area (Å²) < 4.78 is 19.4. The Hall–Kier alpha value is -2.54. The Balaban J connectivity index is 1.71. The number of thiophene rings is 1. The number of benzene rings is 1. The van der Waals surface area contributed by atoms with Crippen molar-refractivity contribution in [3.63, 3.8) is 0 Å². The van der Waals surface area contributed by atoms with Crippen LogP contribution in [0.5, 0.6) is 0 Å². The Morgan fingerprint density at radius 3 is 3.09 bits per heavy atom. The molecule has 0 atom stereocenters. The van der Waals surface area contributed by atoms with Crippen LogP contribution in [-0.2, 0) is 6.54 Å². The van der Waals surface area contributed by atoms with Gasteiger partial charge in [-0.15, -0.1) is 11.3 Å². The van der Waals surface area contributed by atoms with E-state index in [0.29, 0.717) is 12.1 Å². The highest BCUT2D eigenvalue weighted by atomic mass is 32.1. The van der Waals surface area contributed by atoms with Gasteiger partial charge in [0.25, 0.3) is 0 Å². The van der Waals surface area contributed by atoms with Crippen LogP contribution in [0.15, 0.2) is 40.5 Å². The van der Waals surface area contributed by atoms with Crippen molar-refractivity contribution in [2.24, 2.45) is 0 Å². The first kappa shape index (κ1) is 13.1. The highest BCUT2D eigenvalue weighted by Crippen LogP contribution is 2.29. The molecule has 0 aliphatic heterocycles. The number of nitrogens with zero attached hydrogens (tertiary/aromatic N) is 4. The van der Waals surface area contributed by atoms with Crippen LogP contribution in [-0.4, -0.2) is 22.2 Å². The second-order valence-electron chi connectivity index (χ2n) is 4.96. The molecule has 110 valence electrons. The van der Waals surface area contributed by atoms with Gasteiger partial charge in [-0.1, -0.05) is 5.16 Å². The van der Waals surface area contributed by atoms with E-state index in [-0.39, 0.29) is 5.82 Å². The predicted molar refractivity (Wildman–Crippen MR) is 83.5 cm³/mol. The number of hydrogen-bond donors (Lipinski definition) is 0. The van der Waals surface area contributed by atoms with Gasteiger partial charge in [0, 0.05) is 18.5 Å². The Labute approximate surface area is 129 Å². The van der Waals surface area contributed by atoms with Crippen LogP contribution in [0.2, 0.25) is 0 Å². The van der Waals surface area contributed by atoms with E-state index in [1.165, 1.54) is 12.1 Å². The highest BCUT2D eigenvalue weighted by molar-refractivity contribution is 7.17. The quantitative estimate of drug-likeness (QED) is 0.578. The average molecular weight is 314 g/mol. The molecule has 0 aliphatic rings. The summed E-state index contributed by atoms with van der Waals surface area (Å²) in [5.41, 5.74) is 2.13. The SMILES string of the molecule is CN(Cc1noc2cc(F)ccc12)c1ncnc2ccsc12. The van der Waals surface area contributed by atoms with Gasteiger partial charge in [0.2, 0.25) is 0 Å². The molecule has 0 saturated carbocycles. The summed E-state index contributed by atoms with van der Waals surface area (Å²) in [5, 5.41) is 6.85. The minimum absolute atomic E-state index is 0.334. The zero-order chi connectivity index (χ0) is 15.1. The van der Waals surface area contributed by atoms with E-state index in [9.17, 15) is 4.39 Å². The molecule has 0 unspecified atom stereocenters. The van der Waals surface area contributed by atoms with Crippen molar-refractivity contribution < 1.29 is 8.91 Å². The molecule has 0 fully saturated rings. The molecule has 0 saturated heterocycles. The first-order valence-corrected chi connectivity index (χ1v) is 7.53. The molecule has 3 aromatic heterocycles. The van der Waals surface area contributed by atoms with Gasteiger partial charge in [0.05, 0.1) is 16.8 Å². The number of anilines is 1. The Morgan fingerprint density at radius 2 is 2.18 bits per heavy atom. The van der Waals surface area contributed by atoms with Crippen molar-refractivity contribution in [1.82, 2.24) is 15.1 Å². The van der Waals surface area contributed by atoms with Crippen LogP contribution in [0.4, 0.5) is 10.2 Å². The molecule has 0 radical (unpaired) electrons. The van der Waals surface area contributed by atoms with Gasteiger partial charge in [0.1, 0.15) is 23.7 Å². The van der Waals surface area contributed by atoms with Crippen LogP contribution >= 0.6 is 11.3 Å². The lowest BCUT2D eigenvalue weighted by molar-refractivity contribution is 0.444. The van der Waals surface area contributed by atoms with E-state index in [1.54, 1.807) is 23.7 Å². The number of aromatic nitrogens is 3. The maximum absolute atomic E-state index is 13.2. The van der Waals surface area contributed by atoms with Crippen LogP contribution in [0.1, 0.15) is 5.69 Å². The molecule has 0 amide bonds. The minimum Gasteiger partial charge on any atom is -0.356 e. The summed E-state index contributed by atoms with van der Waals surface area (Å²) in [4.78, 5) is 10.6. The van der Waals surface area contributed by atoms with Gasteiger partial charge in [-0.25, -0.2) is 14.4 Å². The van der Waals surface area contributed by atoms with Gasteiger partial charge in [-0.2, -0.15) is 0 Å². The Morgan fingerprint density at radius 1 is 1.27 bits per heavy atom. The van der Waals surface area contributed by atoms with E-state index >= 15 is 0 Å². The first-order valence-electron chi connectivity index (χ1n) is 6.65. The van der Waals surface area contributed by atoms with Crippen molar-refractivity contribution in [3.05, 3.63) is 47.5 Å². The minimum atomic E-state index is -0.334. The molecule has 5 nitrogen and oxygen atoms in total. The standard InChI is InChI=1S/C15H11FN4OS/c1-20(15-14-11(4-5-22-14)17-8-18-15)7-12-10-3-2-9(16)6-13(10)21-19-12/h2-6,8H,7H2,1H3. The van der Waals surface area contributed by atoms with Crippen LogP contribution in [0, 0.1) is 5.82 Å². The Kier molecular flexibility index (Phi) is 3.00. The summed E-state index contributed by atoms with van der Waals surface area (Å²) in [6, 6.07) is 6.40. The number of halogens is 1. The maximum Gasteiger partial charge on any atom is 0.170 e. The second kappa shape index (κ2) is 5.03. The molecule has 1 aromatic carbocycles. The van der Waals surface area contributed by atoms with Crippen LogP contribution in [0.3, 0.4) is 0 Å². The molecular formula is C15H11FN4OS. The van der Waals surface area contributed by atoms with Gasteiger partial charge in [0.15, 0.2) is 5.58 Å². The normalized spacial score (nSPS) is 11.4. The van der Waals surface area contributed by atoms with Crippen LogP contribution in [0.25, 0.3) is 21.2 Å². The second-order valence-corrected chi connectivity index (χ2v) is 5.87. The highest BCUT2D eigenvalue weighted by Gasteiger charge is 2.15. The van der Waals surface area contributed by atoms with E-state index in [0.717, 1.165) is 27.1 Å². The first-order chi connectivity index (χ1) is 10.7. The monoisotopic (exact) mass is 314 g/mol. The molecule has 7 heteroatoms. The number of fused-ring (bicyclic) bond motifs is 2. The molecule has 4 aromatic rings. The third-order valence-corrected chi connectivity index (χ3v) is 4.38. The third-order valence-electron chi connectivity index (χ3n) is 3.48. The van der Waals surface area contributed by atoms with Crippen LogP contribution < -0.4 is 4.90 Å². The van der Waals surface area contributed by atoms with Crippen molar-refractivity contribution in [3.8, 4) is 0 Å². The van der Waals surface area contributed by atoms with Gasteiger partial charge in [-0.05, 0) is 23.6 Å². The number of hydrogen-bond acceptors (Lipinski definition) is 6. The third kappa shape index (κ3) is 2.10. The topological polar surface area (TPSA) is 55.1 Å². The summed E-state index contributed by atoms with van der Waals surface area (Å²) in [5.74, 6) is 0.512. The van der Waals surface area contributed by atoms with E-state index < -0.39 is 0 Å². The zero-order valence-corrected chi connectivity index (χ0v) is 12.5. The lowest BCUT2D eigenvalue weighted by Crippen LogP contribution is -2.18. The lowest BCUT2D eigenvalue weighted by Gasteiger charge is -2.17. The molecule has 0 aliphatic carbocycles. The molecule has 3 heterocycles. The fourth-order valence-electron chi connectivity index (χ4n) is 2.42. The average Bonchev–Trinajstić information content (AvgIpc) is 3.13. The predicted octanol–water partition coefficient (Wildman–Crippen LogP) is 3.61. The zero-order valence-electron chi connectivity index (χ0n) is 11.7. The van der Waals surface area contributed by atoms with Gasteiger partial charge < -0.3 is 9.42 Å². The largest absolute Gasteiger partial charge is 0.356 e. The summed E-state index contributed by atoms with van der Waals surface area (Å²) in [7, 11) is 1.94. The Bertz CT molecular complexity index is 964. The molecule has 0 spiro atoms. The van der Waals surface area contributed by atoms with Crippen molar-refractivity contribution in [2.45, 2.75) is 6.54 Å². The fraction of sp³-hybridized carbons (Fsp3) is 0.133. The summed E-state index contributed by atoms with van der Waals surface area (Å²) in [6.07, 6.45) is 1.55. The molecule has 0 bridgehead atoms. The fourth-order valence-corrected chi connectivity index (χ4v) is 3.31. The summed E-state index contributed by atoms with van der Waals surface area (Å²) >= 11 is 1.60. The van der Waals surface area contributed by atoms with E-state index in [2.05, 4.69) is 15.1 Å².